The van der Waals surface area contributed by atoms with Gasteiger partial charge >= 0.3 is 0 Å². The number of halogens is 1. The lowest BCUT2D eigenvalue weighted by Crippen LogP contribution is -2.00. The molecule has 4 aromatic carbocycles. The summed E-state index contributed by atoms with van der Waals surface area (Å²) in [5.41, 5.74) is 5.87. The van der Waals surface area contributed by atoms with Crippen LogP contribution in [0, 0.1) is 0 Å². The molecule has 0 spiro atoms. The molecule has 0 unspecified atom stereocenters. The second-order valence-electron chi connectivity index (χ2n) is 7.41. The second kappa shape index (κ2) is 7.15. The number of hydrogen-bond donors (Lipinski definition) is 0. The van der Waals surface area contributed by atoms with Crippen molar-refractivity contribution < 1.29 is 4.74 Å². The molecule has 1 aliphatic heterocycles. The molecule has 0 saturated heterocycles. The third kappa shape index (κ3) is 2.94. The predicted molar refractivity (Wildman–Crippen MR) is 125 cm³/mol. The largest absolute Gasteiger partial charge is 0.454 e. The van der Waals surface area contributed by atoms with E-state index in [1.54, 1.807) is 0 Å². The van der Waals surface area contributed by atoms with E-state index in [2.05, 4.69) is 28.8 Å². The molecule has 0 aliphatic carbocycles. The fourth-order valence-electron chi connectivity index (χ4n) is 4.11. The second-order valence-corrected chi connectivity index (χ2v) is 7.85. The molecule has 1 aromatic heterocycles. The lowest BCUT2D eigenvalue weighted by atomic mass is 10.0. The van der Waals surface area contributed by atoms with Crippen LogP contribution in [0.4, 0.5) is 0 Å². The van der Waals surface area contributed by atoms with Crippen LogP contribution in [-0.4, -0.2) is 9.55 Å². The van der Waals surface area contributed by atoms with Crippen molar-refractivity contribution in [1.82, 2.24) is 9.55 Å². The molecule has 0 radical (unpaired) electrons. The summed E-state index contributed by atoms with van der Waals surface area (Å²) in [6, 6.07) is 34.3. The smallest absolute Gasteiger partial charge is 0.151 e. The Kier molecular flexibility index (Phi) is 4.15. The Labute approximate surface area is 185 Å². The van der Waals surface area contributed by atoms with Gasteiger partial charge in [0.2, 0.25) is 0 Å². The molecule has 1 aliphatic rings. The monoisotopic (exact) mass is 420 g/mol. The quantitative estimate of drug-likeness (QED) is 0.288. The first kappa shape index (κ1) is 18.0. The molecular weight excluding hydrogens is 404 g/mol. The summed E-state index contributed by atoms with van der Waals surface area (Å²) in [7, 11) is 0. The van der Waals surface area contributed by atoms with E-state index >= 15 is 0 Å². The predicted octanol–water partition coefficient (Wildman–Crippen LogP) is 7.63. The molecule has 0 bridgehead atoms. The van der Waals surface area contributed by atoms with E-state index in [0.717, 1.165) is 51.1 Å². The van der Waals surface area contributed by atoms with Gasteiger partial charge < -0.3 is 4.74 Å². The van der Waals surface area contributed by atoms with Gasteiger partial charge in [0.1, 0.15) is 11.6 Å². The minimum atomic E-state index is 0.647. The Morgan fingerprint density at radius 1 is 0.677 bits per heavy atom. The van der Waals surface area contributed by atoms with E-state index in [1.807, 2.05) is 78.9 Å². The molecule has 0 fully saturated rings. The summed E-state index contributed by atoms with van der Waals surface area (Å²) in [5, 5.41) is 0.647. The third-order valence-electron chi connectivity index (χ3n) is 5.48. The van der Waals surface area contributed by atoms with E-state index < -0.39 is 0 Å². The number of hydrogen-bond acceptors (Lipinski definition) is 2. The maximum absolute atomic E-state index is 6.44. The molecule has 2 heterocycles. The van der Waals surface area contributed by atoms with Crippen molar-refractivity contribution >= 4 is 11.6 Å². The Morgan fingerprint density at radius 3 is 2.13 bits per heavy atom. The third-order valence-corrected chi connectivity index (χ3v) is 5.72. The number of benzene rings is 4. The van der Waals surface area contributed by atoms with Gasteiger partial charge in [-0.2, -0.15) is 0 Å². The molecule has 3 nitrogen and oxygen atoms in total. The number of imidazole rings is 1. The van der Waals surface area contributed by atoms with Crippen LogP contribution in [0.15, 0.2) is 103 Å². The van der Waals surface area contributed by atoms with Crippen molar-refractivity contribution in [2.24, 2.45) is 0 Å². The Morgan fingerprint density at radius 2 is 1.35 bits per heavy atom. The van der Waals surface area contributed by atoms with Crippen LogP contribution in [0.25, 0.3) is 39.6 Å². The first-order valence-corrected chi connectivity index (χ1v) is 10.5. The average molecular weight is 421 g/mol. The highest BCUT2D eigenvalue weighted by Crippen LogP contribution is 2.46. The van der Waals surface area contributed by atoms with Gasteiger partial charge in [0.25, 0.3) is 0 Å². The van der Waals surface area contributed by atoms with Crippen LogP contribution in [0.5, 0.6) is 11.5 Å². The molecule has 5 aromatic rings. The van der Waals surface area contributed by atoms with Gasteiger partial charge in [-0.25, -0.2) is 4.98 Å². The molecular formula is C27H17ClN2O. The van der Waals surface area contributed by atoms with Crippen LogP contribution in [0.2, 0.25) is 5.02 Å². The standard InChI is InChI=1S/C27H17ClN2O/c28-20-15-16-24-22(17-20)30-26(19-11-5-2-6-12-19)25(18-9-3-1-4-10-18)29-27(30)21-13-7-8-14-23(21)31-24/h1-17H. The number of nitrogens with zero attached hydrogens (tertiary/aromatic N) is 2. The number of rotatable bonds is 2. The fourth-order valence-corrected chi connectivity index (χ4v) is 4.27. The first-order chi connectivity index (χ1) is 15.3. The minimum absolute atomic E-state index is 0.647. The van der Waals surface area contributed by atoms with Crippen molar-refractivity contribution in [2.45, 2.75) is 0 Å². The SMILES string of the molecule is Clc1ccc2c(c1)-n1c(nc(-c3ccccc3)c1-c1ccccc1)-c1ccccc1O2. The zero-order chi connectivity index (χ0) is 20.8. The van der Waals surface area contributed by atoms with Crippen LogP contribution >= 0.6 is 11.6 Å². The highest BCUT2D eigenvalue weighted by atomic mass is 35.5. The first-order valence-electron chi connectivity index (χ1n) is 10.1. The molecule has 0 saturated carbocycles. The number of ether oxygens (including phenoxy) is 1. The molecule has 31 heavy (non-hydrogen) atoms. The van der Waals surface area contributed by atoms with Crippen LogP contribution < -0.4 is 4.74 Å². The van der Waals surface area contributed by atoms with Gasteiger partial charge in [-0.15, -0.1) is 0 Å². The average Bonchev–Trinajstić information content (AvgIpc) is 3.16. The number of para-hydroxylation sites is 1. The lowest BCUT2D eigenvalue weighted by molar-refractivity contribution is 0.485. The maximum Gasteiger partial charge on any atom is 0.151 e. The summed E-state index contributed by atoms with van der Waals surface area (Å²) in [4.78, 5) is 5.17. The maximum atomic E-state index is 6.44. The van der Waals surface area contributed by atoms with E-state index in [0.29, 0.717) is 5.02 Å². The van der Waals surface area contributed by atoms with Gasteiger partial charge in [0.15, 0.2) is 5.75 Å². The van der Waals surface area contributed by atoms with Crippen LogP contribution in [0.1, 0.15) is 0 Å². The van der Waals surface area contributed by atoms with Crippen LogP contribution in [-0.2, 0) is 0 Å². The van der Waals surface area contributed by atoms with E-state index in [4.69, 9.17) is 21.3 Å². The number of aromatic nitrogens is 2. The molecule has 148 valence electrons. The minimum Gasteiger partial charge on any atom is -0.454 e. The van der Waals surface area contributed by atoms with Crippen molar-refractivity contribution in [2.75, 3.05) is 0 Å². The van der Waals surface area contributed by atoms with Crippen molar-refractivity contribution in [3.63, 3.8) is 0 Å². The summed E-state index contributed by atoms with van der Waals surface area (Å²) < 4.78 is 8.49. The van der Waals surface area contributed by atoms with Crippen molar-refractivity contribution in [3.05, 3.63) is 108 Å². The summed E-state index contributed by atoms with van der Waals surface area (Å²) in [5.74, 6) is 2.34. The zero-order valence-electron chi connectivity index (χ0n) is 16.5. The molecule has 0 atom stereocenters. The van der Waals surface area contributed by atoms with Gasteiger partial charge in [0, 0.05) is 16.1 Å². The highest BCUT2D eigenvalue weighted by Gasteiger charge is 2.28. The van der Waals surface area contributed by atoms with Gasteiger partial charge in [-0.1, -0.05) is 84.4 Å². The number of fused-ring (bicyclic) bond motifs is 5. The van der Waals surface area contributed by atoms with Crippen LogP contribution in [0.3, 0.4) is 0 Å². The lowest BCUT2D eigenvalue weighted by Gasteiger charge is -2.14. The summed E-state index contributed by atoms with van der Waals surface area (Å²) in [6.07, 6.45) is 0. The van der Waals surface area contributed by atoms with Gasteiger partial charge in [-0.05, 0) is 30.3 Å². The van der Waals surface area contributed by atoms with E-state index in [-0.39, 0.29) is 0 Å². The molecule has 6 rings (SSSR count). The summed E-state index contributed by atoms with van der Waals surface area (Å²) in [6.45, 7) is 0. The van der Waals surface area contributed by atoms with Crippen molar-refractivity contribution in [1.29, 1.82) is 0 Å². The zero-order valence-corrected chi connectivity index (χ0v) is 17.3. The fraction of sp³-hybridized carbons (Fsp3) is 0. The summed E-state index contributed by atoms with van der Waals surface area (Å²) >= 11 is 6.44. The Balaban J connectivity index is 1.79. The molecule has 0 N–H and O–H groups in total. The highest BCUT2D eigenvalue weighted by molar-refractivity contribution is 6.30. The van der Waals surface area contributed by atoms with Gasteiger partial charge in [0.05, 0.1) is 22.6 Å². The van der Waals surface area contributed by atoms with E-state index in [1.165, 1.54) is 0 Å². The normalized spacial score (nSPS) is 11.6. The van der Waals surface area contributed by atoms with Crippen molar-refractivity contribution in [3.8, 4) is 51.1 Å². The molecule has 4 heteroatoms. The van der Waals surface area contributed by atoms with E-state index in [9.17, 15) is 0 Å². The Bertz CT molecular complexity index is 1410. The molecule has 0 amide bonds. The Hall–Kier alpha value is -3.82. The topological polar surface area (TPSA) is 27.1 Å². The van der Waals surface area contributed by atoms with Gasteiger partial charge in [-0.3, -0.25) is 4.57 Å².